The molecule has 7 heteroatoms. The first kappa shape index (κ1) is 19.7. The normalized spacial score (nSPS) is 12.4. The van der Waals surface area contributed by atoms with Gasteiger partial charge in [0.1, 0.15) is 5.60 Å². The van der Waals surface area contributed by atoms with Crippen LogP contribution in [-0.4, -0.2) is 25.0 Å². The topological polar surface area (TPSA) is 88.3 Å². The lowest BCUT2D eigenvalue weighted by Crippen LogP contribution is -2.25. The van der Waals surface area contributed by atoms with Crippen molar-refractivity contribution in [1.29, 1.82) is 0 Å². The Morgan fingerprint density at radius 3 is 2.36 bits per heavy atom. The maximum Gasteiger partial charge on any atom is 0.357 e. The van der Waals surface area contributed by atoms with Crippen LogP contribution in [0.4, 0.5) is 5.69 Å². The van der Waals surface area contributed by atoms with Crippen molar-refractivity contribution in [3.05, 3.63) is 71.3 Å². The molecule has 0 aliphatic rings. The first-order valence-electron chi connectivity index (χ1n) is 8.75. The fourth-order valence-corrected chi connectivity index (χ4v) is 3.54. The molecule has 0 radical (unpaired) electrons. The zero-order valence-electron chi connectivity index (χ0n) is 15.9. The molecule has 0 bridgehead atoms. The van der Waals surface area contributed by atoms with Crippen LogP contribution >= 0.6 is 0 Å². The summed E-state index contributed by atoms with van der Waals surface area (Å²) >= 11 is 0. The van der Waals surface area contributed by atoms with E-state index < -0.39 is 21.6 Å². The number of hydrogen-bond acceptors (Lipinski definition) is 4. The number of sulfonamides is 1. The predicted molar refractivity (Wildman–Crippen MR) is 111 cm³/mol. The second-order valence-electron chi connectivity index (χ2n) is 7.28. The molecule has 0 aliphatic heterocycles. The number of rotatable bonds is 5. The van der Waals surface area contributed by atoms with Crippen molar-refractivity contribution in [3.8, 4) is 0 Å². The Balaban J connectivity index is 1.98. The molecule has 146 valence electrons. The van der Waals surface area contributed by atoms with Gasteiger partial charge in [0.2, 0.25) is 0 Å². The quantitative estimate of drug-likeness (QED) is 0.618. The van der Waals surface area contributed by atoms with Gasteiger partial charge in [-0.1, -0.05) is 48.5 Å². The van der Waals surface area contributed by atoms with E-state index in [1.54, 1.807) is 57.2 Å². The number of nitrogens with one attached hydrogen (secondary N) is 2. The zero-order chi connectivity index (χ0) is 20.4. The third-order valence-corrected chi connectivity index (χ3v) is 4.78. The van der Waals surface area contributed by atoms with Crippen LogP contribution in [0, 0.1) is 0 Å². The van der Waals surface area contributed by atoms with E-state index in [1.807, 2.05) is 18.2 Å². The predicted octanol–water partition coefficient (Wildman–Crippen LogP) is 4.54. The van der Waals surface area contributed by atoms with Crippen molar-refractivity contribution in [3.63, 3.8) is 0 Å². The van der Waals surface area contributed by atoms with E-state index in [2.05, 4.69) is 9.71 Å². The molecule has 6 nitrogen and oxygen atoms in total. The highest BCUT2D eigenvalue weighted by Crippen LogP contribution is 2.30. The number of aromatic amines is 1. The van der Waals surface area contributed by atoms with Crippen molar-refractivity contribution in [2.75, 3.05) is 4.72 Å². The van der Waals surface area contributed by atoms with E-state index in [9.17, 15) is 13.2 Å². The van der Waals surface area contributed by atoms with Crippen LogP contribution in [0.2, 0.25) is 0 Å². The Bertz CT molecular complexity index is 1120. The SMILES string of the molecule is CC(C)(C)OC(=O)c1[nH]c2ccccc2c1NS(=O)(=O)C=Cc1ccccc1. The molecule has 2 N–H and O–H groups in total. The zero-order valence-corrected chi connectivity index (χ0v) is 16.7. The molecule has 0 aliphatic carbocycles. The second-order valence-corrected chi connectivity index (χ2v) is 8.85. The van der Waals surface area contributed by atoms with Crippen molar-refractivity contribution >= 4 is 38.7 Å². The molecule has 1 heterocycles. The molecule has 0 saturated carbocycles. The number of benzene rings is 2. The maximum absolute atomic E-state index is 12.6. The van der Waals surface area contributed by atoms with Gasteiger partial charge in [0.15, 0.2) is 5.69 Å². The number of anilines is 1. The van der Waals surface area contributed by atoms with Crippen LogP contribution < -0.4 is 4.72 Å². The Morgan fingerprint density at radius 2 is 1.68 bits per heavy atom. The van der Waals surface area contributed by atoms with Gasteiger partial charge in [-0.25, -0.2) is 13.2 Å². The van der Waals surface area contributed by atoms with Crippen LogP contribution in [-0.2, 0) is 14.8 Å². The highest BCUT2D eigenvalue weighted by atomic mass is 32.2. The summed E-state index contributed by atoms with van der Waals surface area (Å²) in [5, 5.41) is 1.66. The second kappa shape index (κ2) is 7.52. The summed E-state index contributed by atoms with van der Waals surface area (Å²) in [6.45, 7) is 5.25. The average Bonchev–Trinajstić information content (AvgIpc) is 2.98. The molecule has 0 amide bonds. The van der Waals surface area contributed by atoms with Gasteiger partial charge in [0.25, 0.3) is 10.0 Å². The van der Waals surface area contributed by atoms with Gasteiger partial charge < -0.3 is 9.72 Å². The molecule has 0 saturated heterocycles. The van der Waals surface area contributed by atoms with E-state index in [1.165, 1.54) is 6.08 Å². The van der Waals surface area contributed by atoms with Crippen LogP contribution in [0.5, 0.6) is 0 Å². The number of carbonyl (C=O) groups is 1. The largest absolute Gasteiger partial charge is 0.455 e. The minimum absolute atomic E-state index is 0.0628. The highest BCUT2D eigenvalue weighted by molar-refractivity contribution is 7.95. The van der Waals surface area contributed by atoms with Crippen LogP contribution in [0.25, 0.3) is 17.0 Å². The van der Waals surface area contributed by atoms with Gasteiger partial charge in [-0.05, 0) is 38.5 Å². The summed E-state index contributed by atoms with van der Waals surface area (Å²) in [5.74, 6) is -0.631. The van der Waals surface area contributed by atoms with Gasteiger partial charge >= 0.3 is 5.97 Å². The maximum atomic E-state index is 12.6. The van der Waals surface area contributed by atoms with E-state index in [-0.39, 0.29) is 11.4 Å². The Morgan fingerprint density at radius 1 is 1.04 bits per heavy atom. The van der Waals surface area contributed by atoms with Crippen LogP contribution in [0.15, 0.2) is 60.0 Å². The van der Waals surface area contributed by atoms with Gasteiger partial charge in [0, 0.05) is 10.9 Å². The molecule has 2 aromatic carbocycles. The lowest BCUT2D eigenvalue weighted by molar-refractivity contribution is 0.00651. The summed E-state index contributed by atoms with van der Waals surface area (Å²) in [7, 11) is -3.85. The van der Waals surface area contributed by atoms with Gasteiger partial charge in [-0.3, -0.25) is 4.72 Å². The summed E-state index contributed by atoms with van der Waals surface area (Å²) < 4.78 is 33.1. The number of fused-ring (bicyclic) bond motifs is 1. The van der Waals surface area contributed by atoms with E-state index in [4.69, 9.17) is 4.74 Å². The molecule has 0 fully saturated rings. The number of H-pyrrole nitrogens is 1. The molecule has 0 atom stereocenters. The molecule has 0 spiro atoms. The van der Waals surface area contributed by atoms with E-state index in [0.29, 0.717) is 10.9 Å². The Hall–Kier alpha value is -3.06. The van der Waals surface area contributed by atoms with Gasteiger partial charge in [-0.2, -0.15) is 0 Å². The molecule has 3 aromatic rings. The van der Waals surface area contributed by atoms with Crippen LogP contribution in [0.1, 0.15) is 36.8 Å². The number of ether oxygens (including phenoxy) is 1. The summed E-state index contributed by atoms with van der Waals surface area (Å²) in [6, 6.07) is 16.1. The fourth-order valence-electron chi connectivity index (χ4n) is 2.64. The van der Waals surface area contributed by atoms with Crippen molar-refractivity contribution in [2.45, 2.75) is 26.4 Å². The lowest BCUT2D eigenvalue weighted by Gasteiger charge is -2.19. The number of carbonyl (C=O) groups excluding carboxylic acids is 1. The molecular formula is C21H22N2O4S. The first-order chi connectivity index (χ1) is 13.1. The molecule has 1 aromatic heterocycles. The number of esters is 1. The summed E-state index contributed by atoms with van der Waals surface area (Å²) in [5.41, 5.74) is 0.903. The average molecular weight is 398 g/mol. The molecule has 0 unspecified atom stereocenters. The number of aromatic nitrogens is 1. The summed E-state index contributed by atoms with van der Waals surface area (Å²) in [6.07, 6.45) is 1.49. The van der Waals surface area contributed by atoms with Crippen molar-refractivity contribution in [2.24, 2.45) is 0 Å². The van der Waals surface area contributed by atoms with E-state index >= 15 is 0 Å². The standard InChI is InChI=1S/C21H22N2O4S/c1-21(2,3)27-20(24)19-18(16-11-7-8-12-17(16)22-19)23-28(25,26)14-13-15-9-5-4-6-10-15/h4-14,22-23H,1-3H3. The monoisotopic (exact) mass is 398 g/mol. The Kier molecular flexibility index (Phi) is 5.29. The van der Waals surface area contributed by atoms with Gasteiger partial charge in [-0.15, -0.1) is 0 Å². The third-order valence-electron chi connectivity index (χ3n) is 3.79. The lowest BCUT2D eigenvalue weighted by atomic mass is 10.2. The summed E-state index contributed by atoms with van der Waals surface area (Å²) in [4.78, 5) is 15.6. The Labute approximate surface area is 164 Å². The van der Waals surface area contributed by atoms with Crippen molar-refractivity contribution < 1.29 is 17.9 Å². The van der Waals surface area contributed by atoms with Crippen molar-refractivity contribution in [1.82, 2.24) is 4.98 Å². The minimum Gasteiger partial charge on any atom is -0.455 e. The smallest absolute Gasteiger partial charge is 0.357 e. The first-order valence-corrected chi connectivity index (χ1v) is 10.3. The fraction of sp³-hybridized carbons (Fsp3) is 0.190. The number of hydrogen-bond donors (Lipinski definition) is 2. The number of para-hydroxylation sites is 1. The van der Waals surface area contributed by atoms with E-state index in [0.717, 1.165) is 11.0 Å². The highest BCUT2D eigenvalue weighted by Gasteiger charge is 2.25. The van der Waals surface area contributed by atoms with Gasteiger partial charge in [0.05, 0.1) is 11.1 Å². The minimum atomic E-state index is -3.85. The molecule has 3 rings (SSSR count). The molecule has 28 heavy (non-hydrogen) atoms. The molecular weight excluding hydrogens is 376 g/mol. The third kappa shape index (κ3) is 4.80. The van der Waals surface area contributed by atoms with Crippen LogP contribution in [0.3, 0.4) is 0 Å².